The molecule has 0 unspecified atom stereocenters. The maximum atomic E-state index is 13.1. The molecule has 0 radical (unpaired) electrons. The second kappa shape index (κ2) is 10.5. The highest BCUT2D eigenvalue weighted by molar-refractivity contribution is 7.92. The third kappa shape index (κ3) is 5.38. The minimum Gasteiger partial charge on any atom is -0.353 e. The average Bonchev–Trinajstić information content (AvgIpc) is 3.06. The molecular formula is C29H32N4O4S. The molecule has 0 atom stereocenters. The fraction of sp³-hybridized carbons (Fsp3) is 0.310. The number of anilines is 4. The summed E-state index contributed by atoms with van der Waals surface area (Å²) >= 11 is 0. The van der Waals surface area contributed by atoms with Crippen LogP contribution in [0.25, 0.3) is 11.1 Å². The molecule has 0 bridgehead atoms. The Labute approximate surface area is 223 Å². The van der Waals surface area contributed by atoms with Crippen molar-refractivity contribution in [2.45, 2.75) is 32.1 Å². The molecule has 0 saturated heterocycles. The number of hydrogen-bond acceptors (Lipinski definition) is 5. The standard InChI is InChI=1S/C29H32N4O4S/c1-33(38(2,36)37)27-11-7-6-10-22(27)20-12-14-23-25(16-20)31-24-15-13-21(17-26(24)32-29(23)35)28(34)30-18-19-8-4-3-5-9-19/h6-7,10-17,19,31H,3-5,8-9,18H2,1-2H3,(H,30,34)(H,32,35). The first-order chi connectivity index (χ1) is 18.2. The smallest absolute Gasteiger partial charge is 0.257 e. The van der Waals surface area contributed by atoms with Crippen LogP contribution in [-0.4, -0.2) is 40.1 Å². The first-order valence-electron chi connectivity index (χ1n) is 12.9. The molecule has 1 aliphatic carbocycles. The zero-order chi connectivity index (χ0) is 26.9. The van der Waals surface area contributed by atoms with E-state index in [0.29, 0.717) is 46.3 Å². The van der Waals surface area contributed by atoms with Gasteiger partial charge >= 0.3 is 0 Å². The third-order valence-corrected chi connectivity index (χ3v) is 8.58. The quantitative estimate of drug-likeness (QED) is 0.396. The zero-order valence-corrected chi connectivity index (χ0v) is 22.4. The van der Waals surface area contributed by atoms with Gasteiger partial charge in [-0.2, -0.15) is 0 Å². The van der Waals surface area contributed by atoms with Crippen molar-refractivity contribution in [2.75, 3.05) is 34.8 Å². The van der Waals surface area contributed by atoms with E-state index in [1.54, 1.807) is 42.5 Å². The summed E-state index contributed by atoms with van der Waals surface area (Å²) < 4.78 is 25.6. The molecule has 3 aromatic carbocycles. The van der Waals surface area contributed by atoms with E-state index in [9.17, 15) is 18.0 Å². The van der Waals surface area contributed by atoms with Crippen molar-refractivity contribution < 1.29 is 18.0 Å². The molecule has 9 heteroatoms. The van der Waals surface area contributed by atoms with Gasteiger partial charge < -0.3 is 16.0 Å². The van der Waals surface area contributed by atoms with E-state index in [-0.39, 0.29) is 11.8 Å². The molecule has 3 aromatic rings. The van der Waals surface area contributed by atoms with Gasteiger partial charge in [0.2, 0.25) is 10.0 Å². The molecule has 3 N–H and O–H groups in total. The van der Waals surface area contributed by atoms with E-state index in [1.165, 1.54) is 30.6 Å². The van der Waals surface area contributed by atoms with Gasteiger partial charge in [-0.25, -0.2) is 8.42 Å². The summed E-state index contributed by atoms with van der Waals surface area (Å²) in [4.78, 5) is 25.9. The van der Waals surface area contributed by atoms with Crippen molar-refractivity contribution in [2.24, 2.45) is 5.92 Å². The van der Waals surface area contributed by atoms with Gasteiger partial charge in [0.1, 0.15) is 0 Å². The zero-order valence-electron chi connectivity index (χ0n) is 21.6. The van der Waals surface area contributed by atoms with Crippen LogP contribution in [0.2, 0.25) is 0 Å². The van der Waals surface area contributed by atoms with Crippen LogP contribution in [-0.2, 0) is 10.0 Å². The summed E-state index contributed by atoms with van der Waals surface area (Å²) in [5.74, 6) is 0.0864. The minimum atomic E-state index is -3.46. The van der Waals surface area contributed by atoms with Gasteiger partial charge in [-0.05, 0) is 60.7 Å². The number of amides is 2. The molecule has 1 heterocycles. The fourth-order valence-corrected chi connectivity index (χ4v) is 5.66. The molecule has 1 aliphatic heterocycles. The number of para-hydroxylation sites is 1. The summed E-state index contributed by atoms with van der Waals surface area (Å²) in [6.45, 7) is 0.671. The first-order valence-corrected chi connectivity index (χ1v) is 14.7. The van der Waals surface area contributed by atoms with Crippen LogP contribution in [0.5, 0.6) is 0 Å². The number of nitrogens with one attached hydrogen (secondary N) is 3. The SMILES string of the molecule is CN(c1ccccc1-c1ccc2c(c1)Nc1ccc(C(=O)NCC3CCCCC3)cc1NC2=O)S(C)(=O)=O. The van der Waals surface area contributed by atoms with Crippen molar-refractivity contribution >= 4 is 44.6 Å². The number of benzene rings is 3. The van der Waals surface area contributed by atoms with E-state index in [1.807, 2.05) is 18.2 Å². The molecule has 198 valence electrons. The Morgan fingerprint density at radius 1 is 0.921 bits per heavy atom. The Bertz CT molecular complexity index is 1500. The number of hydrogen-bond donors (Lipinski definition) is 3. The maximum Gasteiger partial charge on any atom is 0.257 e. The third-order valence-electron chi connectivity index (χ3n) is 7.39. The van der Waals surface area contributed by atoms with Crippen molar-refractivity contribution in [3.8, 4) is 11.1 Å². The van der Waals surface area contributed by atoms with Gasteiger partial charge in [0.25, 0.3) is 11.8 Å². The van der Waals surface area contributed by atoms with Crippen LogP contribution in [0.3, 0.4) is 0 Å². The van der Waals surface area contributed by atoms with Crippen LogP contribution in [0.1, 0.15) is 52.8 Å². The number of sulfonamides is 1. The molecule has 8 nitrogen and oxygen atoms in total. The second-order valence-corrected chi connectivity index (χ2v) is 12.1. The lowest BCUT2D eigenvalue weighted by Crippen LogP contribution is -2.30. The van der Waals surface area contributed by atoms with Crippen molar-refractivity contribution in [1.82, 2.24) is 5.32 Å². The second-order valence-electron chi connectivity index (χ2n) is 10.1. The fourth-order valence-electron chi connectivity index (χ4n) is 5.15. The Morgan fingerprint density at radius 2 is 1.68 bits per heavy atom. The van der Waals surface area contributed by atoms with Crippen molar-refractivity contribution in [1.29, 1.82) is 0 Å². The van der Waals surface area contributed by atoms with Gasteiger partial charge in [-0.15, -0.1) is 0 Å². The Balaban J connectivity index is 1.41. The molecule has 1 saturated carbocycles. The van der Waals surface area contributed by atoms with E-state index in [2.05, 4.69) is 16.0 Å². The molecule has 2 aliphatic rings. The lowest BCUT2D eigenvalue weighted by atomic mass is 9.89. The van der Waals surface area contributed by atoms with Gasteiger partial charge in [0.15, 0.2) is 0 Å². The lowest BCUT2D eigenvalue weighted by Gasteiger charge is -2.21. The van der Waals surface area contributed by atoms with E-state index in [0.717, 1.165) is 30.2 Å². The topological polar surface area (TPSA) is 108 Å². The van der Waals surface area contributed by atoms with Gasteiger partial charge in [0.05, 0.1) is 34.6 Å². The first kappa shape index (κ1) is 25.8. The molecular weight excluding hydrogens is 500 g/mol. The number of fused-ring (bicyclic) bond motifs is 2. The largest absolute Gasteiger partial charge is 0.353 e. The predicted octanol–water partition coefficient (Wildman–Crippen LogP) is 5.37. The molecule has 0 spiro atoms. The predicted molar refractivity (Wildman–Crippen MR) is 152 cm³/mol. The average molecular weight is 533 g/mol. The number of carbonyl (C=O) groups excluding carboxylic acids is 2. The molecule has 5 rings (SSSR count). The van der Waals surface area contributed by atoms with E-state index in [4.69, 9.17) is 0 Å². The van der Waals surface area contributed by atoms with Gasteiger partial charge in [0, 0.05) is 24.7 Å². The summed E-state index contributed by atoms with van der Waals surface area (Å²) in [6.07, 6.45) is 7.18. The van der Waals surface area contributed by atoms with Crippen molar-refractivity contribution in [3.05, 3.63) is 71.8 Å². The molecule has 0 aromatic heterocycles. The highest BCUT2D eigenvalue weighted by Gasteiger charge is 2.23. The van der Waals surface area contributed by atoms with Crippen LogP contribution in [0, 0.1) is 5.92 Å². The lowest BCUT2D eigenvalue weighted by molar-refractivity contribution is 0.0942. The molecule has 38 heavy (non-hydrogen) atoms. The normalized spacial score (nSPS) is 15.4. The summed E-state index contributed by atoms with van der Waals surface area (Å²) in [5, 5.41) is 9.30. The Hall–Kier alpha value is -3.85. The van der Waals surface area contributed by atoms with Crippen LogP contribution in [0.15, 0.2) is 60.7 Å². The minimum absolute atomic E-state index is 0.150. The number of rotatable bonds is 6. The maximum absolute atomic E-state index is 13.1. The number of carbonyl (C=O) groups is 2. The summed E-state index contributed by atoms with van der Waals surface area (Å²) in [5.41, 5.74) is 4.74. The summed E-state index contributed by atoms with van der Waals surface area (Å²) in [6, 6.07) is 17.8. The van der Waals surface area contributed by atoms with Crippen molar-refractivity contribution in [3.63, 3.8) is 0 Å². The van der Waals surface area contributed by atoms with Crippen LogP contribution < -0.4 is 20.3 Å². The highest BCUT2D eigenvalue weighted by Crippen LogP contribution is 2.38. The Morgan fingerprint density at radius 3 is 2.45 bits per heavy atom. The van der Waals surface area contributed by atoms with E-state index < -0.39 is 10.0 Å². The highest BCUT2D eigenvalue weighted by atomic mass is 32.2. The van der Waals surface area contributed by atoms with Crippen LogP contribution in [0.4, 0.5) is 22.7 Å². The molecule has 2 amide bonds. The van der Waals surface area contributed by atoms with Gasteiger partial charge in [-0.1, -0.05) is 43.5 Å². The summed E-state index contributed by atoms with van der Waals surface area (Å²) in [7, 11) is -1.94. The molecule has 1 fully saturated rings. The monoisotopic (exact) mass is 532 g/mol. The number of nitrogens with zero attached hydrogens (tertiary/aromatic N) is 1. The Kier molecular flexibility index (Phi) is 7.12. The van der Waals surface area contributed by atoms with E-state index >= 15 is 0 Å². The van der Waals surface area contributed by atoms with Gasteiger partial charge in [-0.3, -0.25) is 13.9 Å². The van der Waals surface area contributed by atoms with Crippen LogP contribution >= 0.6 is 0 Å².